The summed E-state index contributed by atoms with van der Waals surface area (Å²) in [5, 5.41) is 3.60. The summed E-state index contributed by atoms with van der Waals surface area (Å²) in [6, 6.07) is 6.96. The third-order valence-electron chi connectivity index (χ3n) is 3.06. The van der Waals surface area contributed by atoms with Crippen LogP contribution >= 0.6 is 0 Å². The predicted molar refractivity (Wildman–Crippen MR) is 75.8 cm³/mol. The fourth-order valence-electron chi connectivity index (χ4n) is 1.84. The van der Waals surface area contributed by atoms with Crippen LogP contribution in [0.25, 0.3) is 0 Å². The van der Waals surface area contributed by atoms with Gasteiger partial charge in [-0.15, -0.1) is 0 Å². The Morgan fingerprint density at radius 1 is 1.20 bits per heavy atom. The maximum absolute atomic E-state index is 12.1. The van der Waals surface area contributed by atoms with E-state index in [0.717, 1.165) is 24.0 Å². The minimum absolute atomic E-state index is 0.305. The molecule has 0 radical (unpaired) electrons. The summed E-state index contributed by atoms with van der Waals surface area (Å²) in [5.41, 5.74) is 2.09. The van der Waals surface area contributed by atoms with E-state index in [2.05, 4.69) is 9.88 Å². The maximum Gasteiger partial charge on any atom is 0.240 e. The molecule has 20 heavy (non-hydrogen) atoms. The number of nitrogens with one attached hydrogen (secondary N) is 1. The molecule has 0 aliphatic rings. The van der Waals surface area contributed by atoms with Crippen LogP contribution in [0, 0.1) is 0 Å². The lowest BCUT2D eigenvalue weighted by atomic mass is 10.2. The van der Waals surface area contributed by atoms with Crippen molar-refractivity contribution in [2.24, 2.45) is 0 Å². The van der Waals surface area contributed by atoms with E-state index in [-0.39, 0.29) is 0 Å². The normalized spacial score (nSPS) is 11.7. The molecule has 1 N–H and O–H groups in total. The zero-order valence-electron chi connectivity index (χ0n) is 11.4. The van der Waals surface area contributed by atoms with Gasteiger partial charge in [-0.2, -0.15) is 0 Å². The van der Waals surface area contributed by atoms with Crippen LogP contribution in [0.4, 0.5) is 0 Å². The van der Waals surface area contributed by atoms with Crippen LogP contribution in [-0.2, 0) is 22.9 Å². The van der Waals surface area contributed by atoms with Gasteiger partial charge in [0.05, 0.1) is 11.1 Å². The Kier molecular flexibility index (Phi) is 4.92. The third kappa shape index (κ3) is 3.91. The van der Waals surface area contributed by atoms with Crippen molar-refractivity contribution >= 4 is 10.0 Å². The number of benzene rings is 1. The molecule has 0 saturated carbocycles. The van der Waals surface area contributed by atoms with E-state index in [1.807, 2.05) is 19.1 Å². The Balaban J connectivity index is 1.86. The van der Waals surface area contributed by atoms with Crippen LogP contribution in [0.2, 0.25) is 0 Å². The fraction of sp³-hybridized carbons (Fsp3) is 0.357. The van der Waals surface area contributed by atoms with E-state index >= 15 is 0 Å². The van der Waals surface area contributed by atoms with Gasteiger partial charge < -0.3 is 4.52 Å². The minimum atomic E-state index is -3.42. The highest BCUT2D eigenvalue weighted by molar-refractivity contribution is 7.89. The van der Waals surface area contributed by atoms with Gasteiger partial charge in [0, 0.05) is 12.1 Å². The second-order valence-electron chi connectivity index (χ2n) is 4.53. The van der Waals surface area contributed by atoms with Gasteiger partial charge in [0.1, 0.15) is 6.26 Å². The van der Waals surface area contributed by atoms with Crippen molar-refractivity contribution in [2.45, 2.75) is 31.1 Å². The van der Waals surface area contributed by atoms with Crippen LogP contribution < -0.4 is 4.72 Å². The van der Waals surface area contributed by atoms with E-state index in [9.17, 15) is 8.42 Å². The highest BCUT2D eigenvalue weighted by Crippen LogP contribution is 2.11. The van der Waals surface area contributed by atoms with Gasteiger partial charge in [-0.25, -0.2) is 13.1 Å². The molecule has 5 nitrogen and oxygen atoms in total. The first-order valence-electron chi connectivity index (χ1n) is 6.58. The summed E-state index contributed by atoms with van der Waals surface area (Å²) in [6.07, 6.45) is 5.54. The highest BCUT2D eigenvalue weighted by Gasteiger charge is 2.12. The lowest BCUT2D eigenvalue weighted by Crippen LogP contribution is -2.25. The molecular weight excluding hydrogens is 276 g/mol. The largest absolute Gasteiger partial charge is 0.364 e. The molecule has 2 rings (SSSR count). The first-order chi connectivity index (χ1) is 9.62. The second-order valence-corrected chi connectivity index (χ2v) is 6.30. The van der Waals surface area contributed by atoms with Crippen molar-refractivity contribution in [3.63, 3.8) is 0 Å². The Hall–Kier alpha value is -1.66. The maximum atomic E-state index is 12.1. The van der Waals surface area contributed by atoms with Gasteiger partial charge in [-0.05, 0) is 37.0 Å². The van der Waals surface area contributed by atoms with Crippen LogP contribution in [0.3, 0.4) is 0 Å². The summed E-state index contributed by atoms with van der Waals surface area (Å²) in [5.74, 6) is 0. The Labute approximate surface area is 119 Å². The van der Waals surface area contributed by atoms with Crippen LogP contribution in [0.1, 0.15) is 24.5 Å². The number of aromatic nitrogens is 1. The summed E-state index contributed by atoms with van der Waals surface area (Å²) in [6.45, 7) is 2.43. The molecular formula is C14H18N2O3S. The number of hydrogen-bond acceptors (Lipinski definition) is 4. The minimum Gasteiger partial charge on any atom is -0.364 e. The average molecular weight is 294 g/mol. The van der Waals surface area contributed by atoms with Crippen molar-refractivity contribution in [2.75, 3.05) is 6.54 Å². The number of sulfonamides is 1. The lowest BCUT2D eigenvalue weighted by molar-refractivity contribution is 0.418. The first-order valence-corrected chi connectivity index (χ1v) is 8.07. The van der Waals surface area contributed by atoms with Gasteiger partial charge in [0.2, 0.25) is 10.0 Å². The molecule has 0 saturated heterocycles. The van der Waals surface area contributed by atoms with Gasteiger partial charge in [-0.1, -0.05) is 24.2 Å². The van der Waals surface area contributed by atoms with Gasteiger partial charge in [0.25, 0.3) is 0 Å². The third-order valence-corrected chi connectivity index (χ3v) is 4.54. The first kappa shape index (κ1) is 14.7. The lowest BCUT2D eigenvalue weighted by Gasteiger charge is -2.07. The SMILES string of the molecule is CCc1ccc(S(=O)(=O)NCCCc2cnoc2)cc1. The number of hydrogen-bond donors (Lipinski definition) is 1. The van der Waals surface area contributed by atoms with Gasteiger partial charge in [-0.3, -0.25) is 0 Å². The fourth-order valence-corrected chi connectivity index (χ4v) is 2.91. The van der Waals surface area contributed by atoms with E-state index in [0.29, 0.717) is 17.9 Å². The quantitative estimate of drug-likeness (QED) is 0.794. The molecule has 0 atom stereocenters. The summed E-state index contributed by atoms with van der Waals surface area (Å²) < 4.78 is 31.4. The molecule has 0 fully saturated rings. The zero-order chi connectivity index (χ0) is 14.4. The Morgan fingerprint density at radius 3 is 2.55 bits per heavy atom. The van der Waals surface area contributed by atoms with Crippen molar-refractivity contribution in [1.29, 1.82) is 0 Å². The molecule has 0 bridgehead atoms. The van der Waals surface area contributed by atoms with E-state index in [1.165, 1.54) is 0 Å². The van der Waals surface area contributed by atoms with Gasteiger partial charge in [0.15, 0.2) is 0 Å². The van der Waals surface area contributed by atoms with E-state index in [1.54, 1.807) is 24.6 Å². The topological polar surface area (TPSA) is 72.2 Å². The molecule has 1 heterocycles. The molecule has 0 unspecified atom stereocenters. The van der Waals surface area contributed by atoms with Crippen molar-refractivity contribution < 1.29 is 12.9 Å². The van der Waals surface area contributed by atoms with Crippen molar-refractivity contribution in [1.82, 2.24) is 9.88 Å². The second kappa shape index (κ2) is 6.67. The Bertz CT molecular complexity index is 619. The molecule has 1 aromatic heterocycles. The van der Waals surface area contributed by atoms with Crippen molar-refractivity contribution in [3.05, 3.63) is 47.9 Å². The molecule has 0 aliphatic carbocycles. The molecule has 0 spiro atoms. The standard InChI is InChI=1S/C14H18N2O3S/c1-2-12-5-7-14(8-6-12)20(17,18)16-9-3-4-13-10-15-19-11-13/h5-8,10-11,16H,2-4,9H2,1H3. The smallest absolute Gasteiger partial charge is 0.240 e. The summed E-state index contributed by atoms with van der Waals surface area (Å²) >= 11 is 0. The molecule has 2 aromatic rings. The van der Waals surface area contributed by atoms with Gasteiger partial charge >= 0.3 is 0 Å². The monoisotopic (exact) mass is 294 g/mol. The van der Waals surface area contributed by atoms with E-state index in [4.69, 9.17) is 4.52 Å². The van der Waals surface area contributed by atoms with E-state index < -0.39 is 10.0 Å². The number of aryl methyl sites for hydroxylation is 2. The highest BCUT2D eigenvalue weighted by atomic mass is 32.2. The molecule has 0 amide bonds. The zero-order valence-corrected chi connectivity index (χ0v) is 12.2. The number of nitrogens with zero attached hydrogens (tertiary/aromatic N) is 1. The molecule has 0 aliphatic heterocycles. The molecule has 108 valence electrons. The Morgan fingerprint density at radius 2 is 1.95 bits per heavy atom. The van der Waals surface area contributed by atoms with Crippen LogP contribution in [0.15, 0.2) is 46.1 Å². The molecule has 1 aromatic carbocycles. The average Bonchev–Trinajstić information content (AvgIpc) is 2.97. The summed E-state index contributed by atoms with van der Waals surface area (Å²) in [7, 11) is -3.42. The molecule has 6 heteroatoms. The summed E-state index contributed by atoms with van der Waals surface area (Å²) in [4.78, 5) is 0.305. The van der Waals surface area contributed by atoms with Crippen LogP contribution in [0.5, 0.6) is 0 Å². The number of rotatable bonds is 7. The predicted octanol–water partition coefficient (Wildman–Crippen LogP) is 2.15. The van der Waals surface area contributed by atoms with Crippen LogP contribution in [-0.4, -0.2) is 20.1 Å². The van der Waals surface area contributed by atoms with Crippen molar-refractivity contribution in [3.8, 4) is 0 Å².